The Hall–Kier alpha value is -2.44. The number of hydrogen-bond acceptors (Lipinski definition) is 3. The molecule has 0 aliphatic carbocycles. The summed E-state index contributed by atoms with van der Waals surface area (Å²) in [7, 11) is 0. The number of aryl methyl sites for hydroxylation is 1. The fraction of sp³-hybridized carbons (Fsp3) is 0.118. The van der Waals surface area contributed by atoms with E-state index in [-0.39, 0.29) is 23.3 Å². The molecule has 2 rings (SSSR count). The van der Waals surface area contributed by atoms with Crippen LogP contribution in [0.5, 0.6) is 0 Å². The second kappa shape index (κ2) is 9.00. The van der Waals surface area contributed by atoms with E-state index >= 15 is 0 Å². The SMILES string of the molecule is O=C(CCc1ccccc1Cl)NC(=S)NNC(=O)c1ccccc1. The highest BCUT2D eigenvalue weighted by Gasteiger charge is 2.08. The third kappa shape index (κ3) is 5.64. The molecular formula is C17H16ClN3O2S. The van der Waals surface area contributed by atoms with Crippen LogP contribution in [-0.4, -0.2) is 16.9 Å². The maximum absolute atomic E-state index is 11.9. The van der Waals surface area contributed by atoms with Gasteiger partial charge in [-0.05, 0) is 42.4 Å². The van der Waals surface area contributed by atoms with E-state index in [1.807, 2.05) is 24.3 Å². The fourth-order valence-corrected chi connectivity index (χ4v) is 2.34. The smallest absolute Gasteiger partial charge is 0.269 e. The Morgan fingerprint density at radius 1 is 0.958 bits per heavy atom. The van der Waals surface area contributed by atoms with Crippen molar-refractivity contribution in [3.8, 4) is 0 Å². The lowest BCUT2D eigenvalue weighted by atomic mass is 10.1. The van der Waals surface area contributed by atoms with Crippen LogP contribution in [0, 0.1) is 0 Å². The van der Waals surface area contributed by atoms with Gasteiger partial charge in [-0.25, -0.2) is 0 Å². The highest BCUT2D eigenvalue weighted by Crippen LogP contribution is 2.16. The number of halogens is 1. The number of amides is 2. The standard InChI is InChI=1S/C17H16ClN3O2S/c18-14-9-5-4-6-12(14)10-11-15(22)19-17(24)21-20-16(23)13-7-2-1-3-8-13/h1-9H,10-11H2,(H,20,23)(H2,19,21,22,24). The Morgan fingerprint density at radius 2 is 1.62 bits per heavy atom. The van der Waals surface area contributed by atoms with Gasteiger partial charge in [-0.3, -0.25) is 20.4 Å². The number of hydrogen-bond donors (Lipinski definition) is 3. The van der Waals surface area contributed by atoms with Crippen molar-refractivity contribution < 1.29 is 9.59 Å². The molecule has 2 amide bonds. The predicted molar refractivity (Wildman–Crippen MR) is 97.6 cm³/mol. The van der Waals surface area contributed by atoms with E-state index in [1.54, 1.807) is 30.3 Å². The molecule has 2 aromatic carbocycles. The van der Waals surface area contributed by atoms with Crippen LogP contribution in [0.15, 0.2) is 54.6 Å². The minimum atomic E-state index is -0.344. The molecule has 0 saturated heterocycles. The highest BCUT2D eigenvalue weighted by atomic mass is 35.5. The van der Waals surface area contributed by atoms with Crippen molar-refractivity contribution in [1.82, 2.24) is 16.2 Å². The second-order valence-corrected chi connectivity index (χ2v) is 5.73. The number of carbonyl (C=O) groups excluding carboxylic acids is 2. The number of benzene rings is 2. The first-order valence-corrected chi connectivity index (χ1v) is 8.03. The third-order valence-electron chi connectivity index (χ3n) is 3.16. The van der Waals surface area contributed by atoms with Gasteiger partial charge in [-0.15, -0.1) is 0 Å². The normalized spacial score (nSPS) is 9.88. The average Bonchev–Trinajstić information content (AvgIpc) is 2.59. The monoisotopic (exact) mass is 361 g/mol. The summed E-state index contributed by atoms with van der Waals surface area (Å²) in [5, 5.41) is 3.16. The summed E-state index contributed by atoms with van der Waals surface area (Å²) < 4.78 is 0. The molecule has 0 spiro atoms. The lowest BCUT2D eigenvalue weighted by Gasteiger charge is -2.11. The Bertz CT molecular complexity index is 738. The summed E-state index contributed by atoms with van der Waals surface area (Å²) in [6.07, 6.45) is 0.739. The quantitative estimate of drug-likeness (QED) is 0.578. The molecule has 0 unspecified atom stereocenters. The van der Waals surface area contributed by atoms with E-state index in [9.17, 15) is 9.59 Å². The van der Waals surface area contributed by atoms with E-state index in [0.717, 1.165) is 5.56 Å². The number of rotatable bonds is 4. The van der Waals surface area contributed by atoms with Gasteiger partial charge in [0.2, 0.25) is 5.91 Å². The zero-order valence-electron chi connectivity index (χ0n) is 12.7. The van der Waals surface area contributed by atoms with Gasteiger partial charge in [0.1, 0.15) is 0 Å². The van der Waals surface area contributed by atoms with E-state index in [0.29, 0.717) is 17.0 Å². The van der Waals surface area contributed by atoms with Crippen molar-refractivity contribution in [2.75, 3.05) is 0 Å². The van der Waals surface area contributed by atoms with Gasteiger partial charge in [-0.1, -0.05) is 48.0 Å². The zero-order valence-corrected chi connectivity index (χ0v) is 14.3. The molecule has 0 radical (unpaired) electrons. The third-order valence-corrected chi connectivity index (χ3v) is 3.73. The van der Waals surface area contributed by atoms with Crippen molar-refractivity contribution in [3.63, 3.8) is 0 Å². The minimum Gasteiger partial charge on any atom is -0.302 e. The number of thiocarbonyl (C=S) groups is 1. The van der Waals surface area contributed by atoms with Crippen molar-refractivity contribution in [1.29, 1.82) is 0 Å². The molecule has 0 aromatic heterocycles. The van der Waals surface area contributed by atoms with Crippen LogP contribution in [-0.2, 0) is 11.2 Å². The molecule has 0 aliphatic rings. The molecule has 124 valence electrons. The average molecular weight is 362 g/mol. The molecule has 0 bridgehead atoms. The summed E-state index contributed by atoms with van der Waals surface area (Å²) in [4.78, 5) is 23.7. The van der Waals surface area contributed by atoms with Crippen LogP contribution in [0.25, 0.3) is 0 Å². The Balaban J connectivity index is 1.73. The molecule has 7 heteroatoms. The van der Waals surface area contributed by atoms with Crippen LogP contribution in [0.3, 0.4) is 0 Å². The fourth-order valence-electron chi connectivity index (χ4n) is 1.94. The van der Waals surface area contributed by atoms with Crippen LogP contribution in [0.1, 0.15) is 22.3 Å². The number of nitrogens with one attached hydrogen (secondary N) is 3. The Morgan fingerprint density at radius 3 is 2.33 bits per heavy atom. The van der Waals surface area contributed by atoms with Crippen LogP contribution < -0.4 is 16.2 Å². The van der Waals surface area contributed by atoms with Crippen molar-refractivity contribution >= 4 is 40.7 Å². The van der Waals surface area contributed by atoms with Gasteiger partial charge in [0.25, 0.3) is 5.91 Å². The van der Waals surface area contributed by atoms with Gasteiger partial charge in [0.15, 0.2) is 5.11 Å². The number of carbonyl (C=O) groups is 2. The molecule has 2 aromatic rings. The van der Waals surface area contributed by atoms with Gasteiger partial charge < -0.3 is 5.32 Å². The van der Waals surface area contributed by atoms with Crippen LogP contribution in [0.2, 0.25) is 5.02 Å². The molecule has 0 atom stereocenters. The molecule has 5 nitrogen and oxygen atoms in total. The summed E-state index contributed by atoms with van der Waals surface area (Å²) in [6.45, 7) is 0. The van der Waals surface area contributed by atoms with E-state index in [1.165, 1.54) is 0 Å². The second-order valence-electron chi connectivity index (χ2n) is 4.91. The molecule has 24 heavy (non-hydrogen) atoms. The molecule has 3 N–H and O–H groups in total. The molecule has 0 aliphatic heterocycles. The van der Waals surface area contributed by atoms with Gasteiger partial charge >= 0.3 is 0 Å². The van der Waals surface area contributed by atoms with E-state index in [2.05, 4.69) is 16.2 Å². The van der Waals surface area contributed by atoms with Crippen molar-refractivity contribution in [2.24, 2.45) is 0 Å². The largest absolute Gasteiger partial charge is 0.302 e. The van der Waals surface area contributed by atoms with Gasteiger partial charge in [-0.2, -0.15) is 0 Å². The zero-order chi connectivity index (χ0) is 17.4. The molecular weight excluding hydrogens is 346 g/mol. The van der Waals surface area contributed by atoms with Gasteiger partial charge in [0.05, 0.1) is 0 Å². The van der Waals surface area contributed by atoms with E-state index in [4.69, 9.17) is 23.8 Å². The lowest BCUT2D eigenvalue weighted by Crippen LogP contribution is -2.48. The molecule has 0 fully saturated rings. The Kier molecular flexibility index (Phi) is 6.72. The Labute approximate surface area is 150 Å². The minimum absolute atomic E-state index is 0.0310. The highest BCUT2D eigenvalue weighted by molar-refractivity contribution is 7.80. The van der Waals surface area contributed by atoms with Crippen LogP contribution in [0.4, 0.5) is 0 Å². The predicted octanol–water partition coefficient (Wildman–Crippen LogP) is 2.61. The topological polar surface area (TPSA) is 70.2 Å². The van der Waals surface area contributed by atoms with Crippen molar-refractivity contribution in [3.05, 3.63) is 70.7 Å². The molecule has 0 heterocycles. The van der Waals surface area contributed by atoms with E-state index < -0.39 is 0 Å². The summed E-state index contributed by atoms with van der Waals surface area (Å²) in [5.41, 5.74) is 6.29. The summed E-state index contributed by atoms with van der Waals surface area (Å²) in [6, 6.07) is 16.0. The first-order valence-electron chi connectivity index (χ1n) is 7.25. The summed E-state index contributed by atoms with van der Waals surface area (Å²) >= 11 is 11.0. The van der Waals surface area contributed by atoms with Gasteiger partial charge in [0, 0.05) is 17.0 Å². The number of hydrazine groups is 1. The molecule has 0 saturated carbocycles. The van der Waals surface area contributed by atoms with Crippen LogP contribution >= 0.6 is 23.8 Å². The maximum atomic E-state index is 11.9. The maximum Gasteiger partial charge on any atom is 0.269 e. The van der Waals surface area contributed by atoms with Crippen molar-refractivity contribution in [2.45, 2.75) is 12.8 Å². The first kappa shape index (κ1) is 17.9. The summed E-state index contributed by atoms with van der Waals surface area (Å²) in [5.74, 6) is -0.607. The lowest BCUT2D eigenvalue weighted by molar-refractivity contribution is -0.119. The first-order chi connectivity index (χ1) is 11.6.